The van der Waals surface area contributed by atoms with Gasteiger partial charge in [0.15, 0.2) is 11.9 Å². The molecule has 1 aliphatic heterocycles. The molecule has 4 rings (SSSR count). The summed E-state index contributed by atoms with van der Waals surface area (Å²) in [6, 6.07) is 2.10. The van der Waals surface area contributed by atoms with E-state index in [4.69, 9.17) is 15.2 Å². The number of aliphatic hydroxyl groups is 4. The summed E-state index contributed by atoms with van der Waals surface area (Å²) < 4.78 is 14.0. The Bertz CT molecular complexity index is 1210. The van der Waals surface area contributed by atoms with E-state index in [-0.39, 0.29) is 5.95 Å². The van der Waals surface area contributed by atoms with E-state index in [9.17, 15) is 20.4 Å². The molecule has 13 heteroatoms. The van der Waals surface area contributed by atoms with Crippen LogP contribution in [0.4, 0.5) is 5.95 Å². The Morgan fingerprint density at radius 3 is 2.29 bits per heavy atom. The Labute approximate surface area is 252 Å². The molecule has 0 aliphatic carbocycles. The predicted octanol–water partition coefficient (Wildman–Crippen LogP) is 3.54. The average molecular weight is 657 g/mol. The third-order valence-corrected chi connectivity index (χ3v) is 9.14. The third kappa shape index (κ3) is 9.14. The molecule has 228 valence electrons. The van der Waals surface area contributed by atoms with Gasteiger partial charge in [0.25, 0.3) is 0 Å². The van der Waals surface area contributed by atoms with Gasteiger partial charge in [0.05, 0.1) is 18.6 Å². The number of anilines is 1. The number of unbranched alkanes of at least 4 members (excludes halogenated alkanes) is 9. The molecular weight excluding hydrogens is 614 g/mol. The van der Waals surface area contributed by atoms with Crippen LogP contribution in [0, 0.1) is 0 Å². The zero-order chi connectivity index (χ0) is 29.2. The van der Waals surface area contributed by atoms with E-state index in [1.165, 1.54) is 37.0 Å². The van der Waals surface area contributed by atoms with Crippen molar-refractivity contribution in [2.45, 2.75) is 108 Å². The Morgan fingerprint density at radius 2 is 1.63 bits per heavy atom. The van der Waals surface area contributed by atoms with E-state index >= 15 is 0 Å². The minimum atomic E-state index is -1.40. The molecule has 6 N–H and O–H groups in total. The van der Waals surface area contributed by atoms with Crippen molar-refractivity contribution in [3.05, 3.63) is 32.8 Å². The highest BCUT2D eigenvalue weighted by atomic mass is 79.9. The van der Waals surface area contributed by atoms with Gasteiger partial charge >= 0.3 is 0 Å². The molecule has 0 radical (unpaired) electrons. The van der Waals surface area contributed by atoms with Gasteiger partial charge in [-0.05, 0) is 34.8 Å². The number of rotatable bonds is 17. The van der Waals surface area contributed by atoms with Crippen molar-refractivity contribution >= 4 is 44.4 Å². The maximum Gasteiger partial charge on any atom is 0.222 e. The van der Waals surface area contributed by atoms with Gasteiger partial charge in [-0.25, -0.2) is 9.97 Å². The Morgan fingerprint density at radius 1 is 0.951 bits per heavy atom. The van der Waals surface area contributed by atoms with Gasteiger partial charge in [-0.1, -0.05) is 51.4 Å². The molecule has 4 heterocycles. The van der Waals surface area contributed by atoms with Gasteiger partial charge in [0.1, 0.15) is 29.9 Å². The molecule has 0 spiro atoms. The van der Waals surface area contributed by atoms with Crippen molar-refractivity contribution in [2.24, 2.45) is 0 Å². The van der Waals surface area contributed by atoms with Crippen LogP contribution < -0.4 is 5.73 Å². The van der Waals surface area contributed by atoms with E-state index in [2.05, 4.69) is 46.9 Å². The van der Waals surface area contributed by atoms with Gasteiger partial charge < -0.3 is 40.2 Å². The number of thiophene rings is 1. The normalized spacial score (nSPS) is 23.0. The Hall–Kier alpha value is -1.71. The quantitative estimate of drug-likeness (QED) is 0.136. The molecule has 0 bridgehead atoms. The molecule has 1 saturated heterocycles. The monoisotopic (exact) mass is 655 g/mol. The summed E-state index contributed by atoms with van der Waals surface area (Å²) >= 11 is 5.19. The van der Waals surface area contributed by atoms with Crippen LogP contribution >= 0.6 is 27.3 Å². The standard InChI is InChI=1S/C28H42BrN5O6S/c29-18-13-19(41-16-18)14-20-22-26(33-28(30)32-20)34(17-31-22)11-9-7-5-3-1-2-4-6-8-10-12-39-27-25(38)24(37)23(36)21(15-35)40-27/h13,16-17,21,23-25,27,35-38H,1-12,14-15H2,(H2,30,32,33)/t21-,23-,24+,25-,27-/m1/s1. The fourth-order valence-corrected chi connectivity index (χ4v) is 6.58. The van der Waals surface area contributed by atoms with Crippen molar-refractivity contribution in [3.8, 4) is 0 Å². The molecule has 3 aromatic heterocycles. The van der Waals surface area contributed by atoms with E-state index < -0.39 is 37.3 Å². The smallest absolute Gasteiger partial charge is 0.222 e. The second-order valence-corrected chi connectivity index (χ2v) is 12.6. The van der Waals surface area contributed by atoms with Crippen LogP contribution in [0.15, 0.2) is 22.2 Å². The summed E-state index contributed by atoms with van der Waals surface area (Å²) in [4.78, 5) is 14.7. The lowest BCUT2D eigenvalue weighted by atomic mass is 9.99. The number of nitrogen functional groups attached to an aromatic ring is 1. The van der Waals surface area contributed by atoms with Gasteiger partial charge in [-0.15, -0.1) is 11.3 Å². The first-order valence-electron chi connectivity index (χ1n) is 14.5. The number of aromatic nitrogens is 4. The number of hydrogen-bond donors (Lipinski definition) is 5. The van der Waals surface area contributed by atoms with Crippen LogP contribution in [0.25, 0.3) is 11.2 Å². The summed E-state index contributed by atoms with van der Waals surface area (Å²) in [5, 5.41) is 40.9. The highest BCUT2D eigenvalue weighted by molar-refractivity contribution is 9.10. The SMILES string of the molecule is Nc1nc(Cc2cc(Br)cs2)c2ncn(CCCCCCCCCCCCO[C@@H]3O[C@H](CO)[C@@H](O)[C@H](O)[C@H]3O)c2n1. The lowest BCUT2D eigenvalue weighted by Crippen LogP contribution is -2.59. The van der Waals surface area contributed by atoms with Crippen LogP contribution in [-0.2, 0) is 22.4 Å². The molecule has 5 atom stereocenters. The van der Waals surface area contributed by atoms with Crippen molar-refractivity contribution in [2.75, 3.05) is 18.9 Å². The summed E-state index contributed by atoms with van der Waals surface area (Å²) in [5.74, 6) is 0.284. The number of halogens is 1. The first kappa shape index (κ1) is 32.2. The number of ether oxygens (including phenoxy) is 2. The number of nitrogens with two attached hydrogens (primary N) is 1. The third-order valence-electron chi connectivity index (χ3n) is 7.44. The van der Waals surface area contributed by atoms with E-state index in [1.54, 1.807) is 11.3 Å². The van der Waals surface area contributed by atoms with Crippen LogP contribution in [0.2, 0.25) is 0 Å². The molecule has 1 aliphatic rings. The fourth-order valence-electron chi connectivity index (χ4n) is 5.12. The highest BCUT2D eigenvalue weighted by Crippen LogP contribution is 2.25. The first-order valence-corrected chi connectivity index (χ1v) is 16.2. The molecule has 0 unspecified atom stereocenters. The fraction of sp³-hybridized carbons (Fsp3) is 0.679. The second-order valence-electron chi connectivity index (χ2n) is 10.7. The number of imidazole rings is 1. The second kappa shape index (κ2) is 16.2. The Kier molecular flexibility index (Phi) is 12.7. The van der Waals surface area contributed by atoms with Crippen molar-refractivity contribution < 1.29 is 29.9 Å². The highest BCUT2D eigenvalue weighted by Gasteiger charge is 2.43. The molecule has 3 aromatic rings. The number of aliphatic hydroxyl groups excluding tert-OH is 4. The Balaban J connectivity index is 1.04. The van der Waals surface area contributed by atoms with Crippen molar-refractivity contribution in [1.82, 2.24) is 19.5 Å². The van der Waals surface area contributed by atoms with Crippen LogP contribution in [0.5, 0.6) is 0 Å². The van der Waals surface area contributed by atoms with Crippen molar-refractivity contribution in [3.63, 3.8) is 0 Å². The predicted molar refractivity (Wildman–Crippen MR) is 160 cm³/mol. The number of nitrogens with zero attached hydrogens (tertiary/aromatic N) is 4. The zero-order valence-electron chi connectivity index (χ0n) is 23.3. The van der Waals surface area contributed by atoms with Gasteiger partial charge in [0, 0.05) is 34.3 Å². The van der Waals surface area contributed by atoms with E-state index in [0.717, 1.165) is 60.0 Å². The topological polar surface area (TPSA) is 169 Å². The van der Waals surface area contributed by atoms with E-state index in [1.807, 2.05) is 6.33 Å². The summed E-state index contributed by atoms with van der Waals surface area (Å²) in [7, 11) is 0. The maximum atomic E-state index is 10.00. The summed E-state index contributed by atoms with van der Waals surface area (Å²) in [6.45, 7) is 0.803. The average Bonchev–Trinajstić information content (AvgIpc) is 3.56. The molecule has 41 heavy (non-hydrogen) atoms. The molecular formula is C28H42BrN5O6S. The van der Waals surface area contributed by atoms with E-state index in [0.29, 0.717) is 13.0 Å². The molecule has 11 nitrogen and oxygen atoms in total. The van der Waals surface area contributed by atoms with Crippen molar-refractivity contribution in [1.29, 1.82) is 0 Å². The lowest BCUT2D eigenvalue weighted by molar-refractivity contribution is -0.301. The van der Waals surface area contributed by atoms with Crippen LogP contribution in [0.3, 0.4) is 0 Å². The molecule has 0 aromatic carbocycles. The molecule has 0 saturated carbocycles. The number of aryl methyl sites for hydroxylation is 1. The minimum Gasteiger partial charge on any atom is -0.394 e. The van der Waals surface area contributed by atoms with Gasteiger partial charge in [-0.3, -0.25) is 0 Å². The largest absolute Gasteiger partial charge is 0.394 e. The molecule has 1 fully saturated rings. The molecule has 0 amide bonds. The van der Waals surface area contributed by atoms with Gasteiger partial charge in [-0.2, -0.15) is 4.98 Å². The number of fused-ring (bicyclic) bond motifs is 1. The summed E-state index contributed by atoms with van der Waals surface area (Å²) in [5.41, 5.74) is 8.51. The maximum absolute atomic E-state index is 10.00. The lowest BCUT2D eigenvalue weighted by Gasteiger charge is -2.39. The first-order chi connectivity index (χ1) is 19.9. The summed E-state index contributed by atoms with van der Waals surface area (Å²) in [6.07, 6.45) is 7.67. The minimum absolute atomic E-state index is 0.284. The van der Waals surface area contributed by atoms with Gasteiger partial charge in [0.2, 0.25) is 5.95 Å². The zero-order valence-corrected chi connectivity index (χ0v) is 25.7. The van der Waals surface area contributed by atoms with Crippen LogP contribution in [0.1, 0.15) is 74.8 Å². The number of hydrogen-bond acceptors (Lipinski definition) is 11. The van der Waals surface area contributed by atoms with Crippen LogP contribution in [-0.4, -0.2) is 83.9 Å².